The summed E-state index contributed by atoms with van der Waals surface area (Å²) in [6, 6.07) is 1.92. The zero-order chi connectivity index (χ0) is 19.4. The van der Waals surface area contributed by atoms with Crippen molar-refractivity contribution in [2.75, 3.05) is 33.2 Å². The minimum atomic E-state index is -0.483. The third-order valence-electron chi connectivity index (χ3n) is 3.46. The third kappa shape index (κ3) is 9.29. The average Bonchev–Trinajstić information content (AvgIpc) is 3.07. The number of amides is 1. The third-order valence-corrected chi connectivity index (χ3v) is 3.46. The Kier molecular flexibility index (Phi) is 9.54. The summed E-state index contributed by atoms with van der Waals surface area (Å²) < 4.78 is 7.36. The van der Waals surface area contributed by atoms with Crippen molar-refractivity contribution in [2.45, 2.75) is 52.7 Å². The Morgan fingerprint density at radius 3 is 2.58 bits per heavy atom. The van der Waals surface area contributed by atoms with Gasteiger partial charge in [0.05, 0.1) is 0 Å². The highest BCUT2D eigenvalue weighted by Gasteiger charge is 2.21. The van der Waals surface area contributed by atoms with E-state index in [1.54, 1.807) is 18.1 Å². The van der Waals surface area contributed by atoms with Crippen LogP contribution in [0.3, 0.4) is 0 Å². The van der Waals surface area contributed by atoms with Crippen LogP contribution in [-0.4, -0.2) is 65.6 Å². The highest BCUT2D eigenvalue weighted by Crippen LogP contribution is 2.10. The monoisotopic (exact) mass is 366 g/mol. The van der Waals surface area contributed by atoms with Crippen molar-refractivity contribution in [3.63, 3.8) is 0 Å². The molecule has 8 nitrogen and oxygen atoms in total. The SMILES string of the molecule is CCCN(CCNC(=NC)NCCCn1cccn1)C(=O)OC(C)(C)C. The Morgan fingerprint density at radius 1 is 1.27 bits per heavy atom. The zero-order valence-corrected chi connectivity index (χ0v) is 16.8. The summed E-state index contributed by atoms with van der Waals surface area (Å²) in [6.07, 6.45) is 5.29. The average molecular weight is 367 g/mol. The van der Waals surface area contributed by atoms with E-state index >= 15 is 0 Å². The summed E-state index contributed by atoms with van der Waals surface area (Å²) in [5.74, 6) is 0.728. The summed E-state index contributed by atoms with van der Waals surface area (Å²) in [5.41, 5.74) is -0.483. The molecule has 26 heavy (non-hydrogen) atoms. The molecular weight excluding hydrogens is 332 g/mol. The first kappa shape index (κ1) is 21.8. The molecule has 1 amide bonds. The zero-order valence-electron chi connectivity index (χ0n) is 16.8. The number of ether oxygens (including phenoxy) is 1. The van der Waals surface area contributed by atoms with E-state index < -0.39 is 5.60 Å². The Balaban J connectivity index is 2.30. The molecule has 2 N–H and O–H groups in total. The van der Waals surface area contributed by atoms with E-state index in [0.717, 1.165) is 31.9 Å². The molecule has 0 fully saturated rings. The molecule has 0 aromatic carbocycles. The summed E-state index contributed by atoms with van der Waals surface area (Å²) in [5, 5.41) is 10.7. The largest absolute Gasteiger partial charge is 0.444 e. The lowest BCUT2D eigenvalue weighted by Crippen LogP contribution is -2.44. The maximum Gasteiger partial charge on any atom is 0.410 e. The normalized spacial score (nSPS) is 12.0. The molecule has 0 saturated carbocycles. The first-order valence-electron chi connectivity index (χ1n) is 9.25. The van der Waals surface area contributed by atoms with Gasteiger partial charge in [-0.25, -0.2) is 4.79 Å². The van der Waals surface area contributed by atoms with Gasteiger partial charge in [-0.2, -0.15) is 5.10 Å². The molecule has 0 bridgehead atoms. The van der Waals surface area contributed by atoms with E-state index in [1.165, 1.54) is 0 Å². The van der Waals surface area contributed by atoms with Crippen LogP contribution in [-0.2, 0) is 11.3 Å². The molecule has 0 unspecified atom stereocenters. The number of carbonyl (C=O) groups excluding carboxylic acids is 1. The molecule has 0 aliphatic carbocycles. The van der Waals surface area contributed by atoms with Crippen molar-refractivity contribution >= 4 is 12.1 Å². The van der Waals surface area contributed by atoms with Crippen LogP contribution in [0.4, 0.5) is 4.79 Å². The van der Waals surface area contributed by atoms with Crippen LogP contribution in [0.5, 0.6) is 0 Å². The summed E-state index contributed by atoms with van der Waals surface area (Å²) in [4.78, 5) is 18.2. The number of aromatic nitrogens is 2. The highest BCUT2D eigenvalue weighted by atomic mass is 16.6. The molecule has 0 saturated heterocycles. The number of guanidine groups is 1. The Morgan fingerprint density at radius 2 is 2.00 bits per heavy atom. The van der Waals surface area contributed by atoms with Crippen LogP contribution in [0.15, 0.2) is 23.5 Å². The second-order valence-corrected chi connectivity index (χ2v) is 7.02. The number of aryl methyl sites for hydroxylation is 1. The van der Waals surface area contributed by atoms with E-state index in [0.29, 0.717) is 19.6 Å². The van der Waals surface area contributed by atoms with Crippen molar-refractivity contribution < 1.29 is 9.53 Å². The Hall–Kier alpha value is -2.25. The molecule has 0 aliphatic heterocycles. The van der Waals surface area contributed by atoms with Crippen LogP contribution in [0, 0.1) is 0 Å². The van der Waals surface area contributed by atoms with Gasteiger partial charge in [0, 0.05) is 52.2 Å². The lowest BCUT2D eigenvalue weighted by atomic mass is 10.2. The summed E-state index contributed by atoms with van der Waals surface area (Å²) in [7, 11) is 1.74. The smallest absolute Gasteiger partial charge is 0.410 e. The van der Waals surface area contributed by atoms with Gasteiger partial charge in [0.1, 0.15) is 5.60 Å². The van der Waals surface area contributed by atoms with Gasteiger partial charge in [0.25, 0.3) is 0 Å². The number of carbonyl (C=O) groups is 1. The van der Waals surface area contributed by atoms with E-state index in [2.05, 4.69) is 20.7 Å². The first-order chi connectivity index (χ1) is 12.4. The Labute approximate surface area is 157 Å². The minimum Gasteiger partial charge on any atom is -0.444 e. The number of nitrogens with one attached hydrogen (secondary N) is 2. The van der Waals surface area contributed by atoms with Crippen LogP contribution in [0.1, 0.15) is 40.5 Å². The summed E-state index contributed by atoms with van der Waals surface area (Å²) >= 11 is 0. The van der Waals surface area contributed by atoms with Crippen molar-refractivity contribution in [1.29, 1.82) is 0 Å². The van der Waals surface area contributed by atoms with Gasteiger partial charge >= 0.3 is 6.09 Å². The highest BCUT2D eigenvalue weighted by molar-refractivity contribution is 5.79. The Bertz CT molecular complexity index is 536. The molecule has 0 spiro atoms. The number of aliphatic imine (C=N–C) groups is 1. The molecule has 0 aliphatic rings. The first-order valence-corrected chi connectivity index (χ1v) is 9.25. The maximum atomic E-state index is 12.2. The fourth-order valence-corrected chi connectivity index (χ4v) is 2.30. The van der Waals surface area contributed by atoms with E-state index in [-0.39, 0.29) is 6.09 Å². The molecule has 0 radical (unpaired) electrons. The predicted octanol–water partition coefficient (Wildman–Crippen LogP) is 2.09. The number of rotatable bonds is 9. The quantitative estimate of drug-likeness (QED) is 0.397. The molecular formula is C18H34N6O2. The fourth-order valence-electron chi connectivity index (χ4n) is 2.30. The van der Waals surface area contributed by atoms with Gasteiger partial charge in [-0.1, -0.05) is 6.92 Å². The van der Waals surface area contributed by atoms with E-state index in [4.69, 9.17) is 4.74 Å². The van der Waals surface area contributed by atoms with Crippen molar-refractivity contribution in [3.8, 4) is 0 Å². The van der Waals surface area contributed by atoms with Gasteiger partial charge in [0.15, 0.2) is 5.96 Å². The van der Waals surface area contributed by atoms with E-state index in [9.17, 15) is 4.79 Å². The molecule has 1 aromatic heterocycles. The van der Waals surface area contributed by atoms with Crippen LogP contribution in [0.2, 0.25) is 0 Å². The lowest BCUT2D eigenvalue weighted by Gasteiger charge is -2.27. The minimum absolute atomic E-state index is 0.275. The van der Waals surface area contributed by atoms with Crippen molar-refractivity contribution in [2.24, 2.45) is 4.99 Å². The van der Waals surface area contributed by atoms with Crippen LogP contribution in [0.25, 0.3) is 0 Å². The fraction of sp³-hybridized carbons (Fsp3) is 0.722. The molecule has 1 aromatic rings. The molecule has 1 heterocycles. The van der Waals surface area contributed by atoms with Gasteiger partial charge < -0.3 is 20.3 Å². The second kappa shape index (κ2) is 11.4. The second-order valence-electron chi connectivity index (χ2n) is 7.02. The van der Waals surface area contributed by atoms with Gasteiger partial charge in [-0.05, 0) is 39.7 Å². The molecule has 148 valence electrons. The van der Waals surface area contributed by atoms with E-state index in [1.807, 2.05) is 44.6 Å². The van der Waals surface area contributed by atoms with Crippen LogP contribution >= 0.6 is 0 Å². The summed E-state index contributed by atoms with van der Waals surface area (Å²) in [6.45, 7) is 11.2. The number of nitrogens with zero attached hydrogens (tertiary/aromatic N) is 4. The molecule has 0 atom stereocenters. The number of hydrogen-bond acceptors (Lipinski definition) is 4. The number of hydrogen-bond donors (Lipinski definition) is 2. The molecule has 8 heteroatoms. The van der Waals surface area contributed by atoms with Crippen molar-refractivity contribution in [3.05, 3.63) is 18.5 Å². The topological polar surface area (TPSA) is 83.8 Å². The standard InChI is InChI=1S/C18H34N6O2/c1-6-12-23(17(25)26-18(2,3)4)15-11-21-16(19-5)20-9-7-13-24-14-8-10-22-24/h8,10,14H,6-7,9,11-13,15H2,1-5H3,(H2,19,20,21). The van der Waals surface area contributed by atoms with Crippen molar-refractivity contribution in [1.82, 2.24) is 25.3 Å². The van der Waals surface area contributed by atoms with Gasteiger partial charge in [-0.3, -0.25) is 9.67 Å². The van der Waals surface area contributed by atoms with Crippen LogP contribution < -0.4 is 10.6 Å². The maximum absolute atomic E-state index is 12.2. The molecule has 1 rings (SSSR count). The lowest BCUT2D eigenvalue weighted by molar-refractivity contribution is 0.0253. The van der Waals surface area contributed by atoms with Gasteiger partial charge in [-0.15, -0.1) is 0 Å². The van der Waals surface area contributed by atoms with Gasteiger partial charge in [0.2, 0.25) is 0 Å². The predicted molar refractivity (Wildman–Crippen MR) is 104 cm³/mol.